The van der Waals surface area contributed by atoms with Crippen molar-refractivity contribution in [1.82, 2.24) is 4.90 Å². The summed E-state index contributed by atoms with van der Waals surface area (Å²) in [6.07, 6.45) is 1.97. The van der Waals surface area contributed by atoms with Crippen LogP contribution in [-0.2, 0) is 6.42 Å². The Hall–Kier alpha value is -1.06. The van der Waals surface area contributed by atoms with E-state index < -0.39 is 0 Å². The third-order valence-corrected chi connectivity index (χ3v) is 2.50. The van der Waals surface area contributed by atoms with E-state index in [1.54, 1.807) is 0 Å². The third-order valence-electron chi connectivity index (χ3n) is 2.50. The number of hydrogen-bond donors (Lipinski definition) is 1. The largest absolute Gasteiger partial charge is 0.494 e. The molecule has 0 aliphatic heterocycles. The van der Waals surface area contributed by atoms with Crippen LogP contribution in [0.4, 0.5) is 0 Å². The van der Waals surface area contributed by atoms with Gasteiger partial charge in [0.2, 0.25) is 0 Å². The topological polar surface area (TPSA) is 38.5 Å². The summed E-state index contributed by atoms with van der Waals surface area (Å²) >= 11 is 0. The molecule has 0 amide bonds. The highest BCUT2D eigenvalue weighted by molar-refractivity contribution is 5.27. The summed E-state index contributed by atoms with van der Waals surface area (Å²) in [7, 11) is 4.14. The minimum Gasteiger partial charge on any atom is -0.494 e. The normalized spacial score (nSPS) is 12.8. The van der Waals surface area contributed by atoms with Gasteiger partial charge in [0.1, 0.15) is 5.75 Å². The van der Waals surface area contributed by atoms with Gasteiger partial charge in [-0.2, -0.15) is 0 Å². The summed E-state index contributed by atoms with van der Waals surface area (Å²) in [4.78, 5) is 2.16. The number of rotatable bonds is 7. The minimum atomic E-state index is 0.210. The zero-order valence-electron chi connectivity index (χ0n) is 11.1. The molecule has 1 atom stereocenters. The van der Waals surface area contributed by atoms with Gasteiger partial charge in [0.05, 0.1) is 6.61 Å². The molecule has 1 aromatic rings. The van der Waals surface area contributed by atoms with Crippen LogP contribution in [0.2, 0.25) is 0 Å². The van der Waals surface area contributed by atoms with Crippen molar-refractivity contribution in [3.8, 4) is 5.75 Å². The van der Waals surface area contributed by atoms with Gasteiger partial charge in [-0.1, -0.05) is 12.1 Å². The van der Waals surface area contributed by atoms with E-state index in [4.69, 9.17) is 10.5 Å². The second kappa shape index (κ2) is 7.30. The lowest BCUT2D eigenvalue weighted by Gasteiger charge is -2.11. The molecule has 0 spiro atoms. The molecule has 0 aliphatic carbocycles. The van der Waals surface area contributed by atoms with E-state index in [0.29, 0.717) is 0 Å². The summed E-state index contributed by atoms with van der Waals surface area (Å²) in [6.45, 7) is 3.85. The molecule has 0 fully saturated rings. The van der Waals surface area contributed by atoms with Crippen molar-refractivity contribution in [1.29, 1.82) is 0 Å². The average molecular weight is 236 g/mol. The first kappa shape index (κ1) is 14.0. The molecular weight excluding hydrogens is 212 g/mol. The molecule has 0 aromatic heterocycles. The average Bonchev–Trinajstić information content (AvgIpc) is 2.25. The van der Waals surface area contributed by atoms with E-state index in [-0.39, 0.29) is 6.04 Å². The van der Waals surface area contributed by atoms with Gasteiger partial charge in [-0.3, -0.25) is 0 Å². The number of benzene rings is 1. The molecule has 3 nitrogen and oxygen atoms in total. The van der Waals surface area contributed by atoms with E-state index >= 15 is 0 Å². The molecule has 1 unspecified atom stereocenters. The van der Waals surface area contributed by atoms with Crippen LogP contribution in [0.3, 0.4) is 0 Å². The lowest BCUT2D eigenvalue weighted by atomic mass is 10.1. The molecule has 96 valence electrons. The van der Waals surface area contributed by atoms with Crippen molar-refractivity contribution >= 4 is 0 Å². The standard InChI is InChI=1S/C14H24N2O/c1-12(15)11-13-5-7-14(8-6-13)17-10-4-9-16(2)3/h5-8,12H,4,9-11,15H2,1-3H3. The summed E-state index contributed by atoms with van der Waals surface area (Å²) in [5, 5.41) is 0. The van der Waals surface area contributed by atoms with Crippen LogP contribution in [0.5, 0.6) is 5.75 Å². The monoisotopic (exact) mass is 236 g/mol. The SMILES string of the molecule is CC(N)Cc1ccc(OCCCN(C)C)cc1. The molecule has 0 saturated carbocycles. The highest BCUT2D eigenvalue weighted by Gasteiger charge is 1.99. The number of nitrogens with zero attached hydrogens (tertiary/aromatic N) is 1. The summed E-state index contributed by atoms with van der Waals surface area (Å²) in [5.74, 6) is 0.942. The van der Waals surface area contributed by atoms with Crippen molar-refractivity contribution in [2.75, 3.05) is 27.2 Å². The van der Waals surface area contributed by atoms with Crippen LogP contribution in [0.15, 0.2) is 24.3 Å². The van der Waals surface area contributed by atoms with Gasteiger partial charge in [0.15, 0.2) is 0 Å². The van der Waals surface area contributed by atoms with Gasteiger partial charge in [-0.05, 0) is 51.6 Å². The number of ether oxygens (including phenoxy) is 1. The third kappa shape index (κ3) is 6.29. The fraction of sp³-hybridized carbons (Fsp3) is 0.571. The molecule has 1 rings (SSSR count). The van der Waals surface area contributed by atoms with Gasteiger partial charge in [0, 0.05) is 12.6 Å². The summed E-state index contributed by atoms with van der Waals surface area (Å²) in [6, 6.07) is 8.43. The maximum Gasteiger partial charge on any atom is 0.119 e. The predicted molar refractivity (Wildman–Crippen MR) is 72.5 cm³/mol. The molecule has 0 radical (unpaired) electrons. The second-order valence-electron chi connectivity index (χ2n) is 4.83. The van der Waals surface area contributed by atoms with Gasteiger partial charge in [-0.25, -0.2) is 0 Å². The minimum absolute atomic E-state index is 0.210. The highest BCUT2D eigenvalue weighted by Crippen LogP contribution is 2.13. The van der Waals surface area contributed by atoms with Crippen LogP contribution in [0.25, 0.3) is 0 Å². The summed E-state index contributed by atoms with van der Waals surface area (Å²) in [5.41, 5.74) is 7.02. The molecule has 0 heterocycles. The van der Waals surface area contributed by atoms with E-state index in [9.17, 15) is 0 Å². The van der Waals surface area contributed by atoms with E-state index in [0.717, 1.165) is 31.7 Å². The van der Waals surface area contributed by atoms with Gasteiger partial charge < -0.3 is 15.4 Å². The van der Waals surface area contributed by atoms with Crippen LogP contribution >= 0.6 is 0 Å². The highest BCUT2D eigenvalue weighted by atomic mass is 16.5. The van der Waals surface area contributed by atoms with Crippen LogP contribution < -0.4 is 10.5 Å². The first-order valence-electron chi connectivity index (χ1n) is 6.20. The zero-order valence-corrected chi connectivity index (χ0v) is 11.1. The van der Waals surface area contributed by atoms with Crippen LogP contribution in [-0.4, -0.2) is 38.2 Å². The van der Waals surface area contributed by atoms with Gasteiger partial charge >= 0.3 is 0 Å². The lowest BCUT2D eigenvalue weighted by molar-refractivity contribution is 0.281. The predicted octanol–water partition coefficient (Wildman–Crippen LogP) is 1.91. The Kier molecular flexibility index (Phi) is 6.01. The van der Waals surface area contributed by atoms with Crippen LogP contribution in [0.1, 0.15) is 18.9 Å². The van der Waals surface area contributed by atoms with Crippen molar-refractivity contribution in [2.45, 2.75) is 25.8 Å². The Labute approximate surface area is 105 Å². The quantitative estimate of drug-likeness (QED) is 0.735. The second-order valence-corrected chi connectivity index (χ2v) is 4.83. The van der Waals surface area contributed by atoms with E-state index in [1.807, 2.05) is 19.1 Å². The van der Waals surface area contributed by atoms with E-state index in [2.05, 4.69) is 31.1 Å². The Morgan fingerprint density at radius 2 is 1.88 bits per heavy atom. The number of nitrogens with two attached hydrogens (primary N) is 1. The molecule has 3 heteroatoms. The Morgan fingerprint density at radius 3 is 2.41 bits per heavy atom. The van der Waals surface area contributed by atoms with Crippen molar-refractivity contribution in [3.05, 3.63) is 29.8 Å². The Bertz CT molecular complexity index is 307. The van der Waals surface area contributed by atoms with Gasteiger partial charge in [-0.15, -0.1) is 0 Å². The molecule has 0 bridgehead atoms. The molecule has 0 saturated heterocycles. The van der Waals surface area contributed by atoms with Crippen molar-refractivity contribution in [3.63, 3.8) is 0 Å². The van der Waals surface area contributed by atoms with Gasteiger partial charge in [0.25, 0.3) is 0 Å². The fourth-order valence-electron chi connectivity index (χ4n) is 1.66. The van der Waals surface area contributed by atoms with Crippen LogP contribution in [0, 0.1) is 0 Å². The summed E-state index contributed by atoms with van der Waals surface area (Å²) < 4.78 is 5.66. The van der Waals surface area contributed by atoms with Crippen molar-refractivity contribution < 1.29 is 4.74 Å². The first-order chi connectivity index (χ1) is 8.08. The fourth-order valence-corrected chi connectivity index (χ4v) is 1.66. The van der Waals surface area contributed by atoms with E-state index in [1.165, 1.54) is 5.56 Å². The van der Waals surface area contributed by atoms with Crippen molar-refractivity contribution in [2.24, 2.45) is 5.73 Å². The molecule has 1 aromatic carbocycles. The molecular formula is C14H24N2O. The lowest BCUT2D eigenvalue weighted by Crippen LogP contribution is -2.17. The Morgan fingerprint density at radius 1 is 1.24 bits per heavy atom. The maximum atomic E-state index is 5.75. The first-order valence-corrected chi connectivity index (χ1v) is 6.20. The smallest absolute Gasteiger partial charge is 0.119 e. The molecule has 17 heavy (non-hydrogen) atoms. The maximum absolute atomic E-state index is 5.75. The Balaban J connectivity index is 2.30. The number of hydrogen-bond acceptors (Lipinski definition) is 3. The zero-order chi connectivity index (χ0) is 12.7. The molecule has 0 aliphatic rings. The molecule has 2 N–H and O–H groups in total.